The zero-order chi connectivity index (χ0) is 16.8. The van der Waals surface area contributed by atoms with Crippen LogP contribution in [0.3, 0.4) is 0 Å². The van der Waals surface area contributed by atoms with E-state index in [0.717, 1.165) is 11.1 Å². The molecular weight excluding hydrogens is 304 g/mol. The minimum Gasteiger partial charge on any atom is -0.486 e. The molecule has 0 aliphatic rings. The average molecular weight is 322 g/mol. The zero-order valence-electron chi connectivity index (χ0n) is 13.2. The second-order valence-corrected chi connectivity index (χ2v) is 5.48. The van der Waals surface area contributed by atoms with E-state index in [0.29, 0.717) is 26.1 Å². The van der Waals surface area contributed by atoms with Crippen molar-refractivity contribution in [3.8, 4) is 11.5 Å². The summed E-state index contributed by atoms with van der Waals surface area (Å²) in [4.78, 5) is 23.3. The van der Waals surface area contributed by atoms with E-state index < -0.39 is 10.9 Å². The molecule has 122 valence electrons. The van der Waals surface area contributed by atoms with Crippen molar-refractivity contribution in [2.45, 2.75) is 12.8 Å². The SMILES string of the molecule is O=c1c(OCCc2ccccc2)c(OCCc2ccccc2)c1=O. The highest BCUT2D eigenvalue weighted by molar-refractivity contribution is 5.46. The third kappa shape index (κ3) is 3.71. The fourth-order valence-electron chi connectivity index (χ4n) is 2.44. The average Bonchev–Trinajstić information content (AvgIpc) is 2.64. The van der Waals surface area contributed by atoms with Gasteiger partial charge < -0.3 is 9.47 Å². The molecule has 3 aromatic rings. The van der Waals surface area contributed by atoms with Crippen LogP contribution < -0.4 is 20.3 Å². The molecule has 0 atom stereocenters. The third-order valence-electron chi connectivity index (χ3n) is 3.78. The second kappa shape index (κ2) is 7.59. The van der Waals surface area contributed by atoms with Crippen molar-refractivity contribution in [3.05, 3.63) is 92.2 Å². The van der Waals surface area contributed by atoms with Crippen LogP contribution in [0, 0.1) is 0 Å². The predicted octanol–water partition coefficient (Wildman–Crippen LogP) is 2.53. The maximum Gasteiger partial charge on any atom is 0.275 e. The molecule has 0 heterocycles. The molecule has 0 bridgehead atoms. The van der Waals surface area contributed by atoms with E-state index in [1.165, 1.54) is 0 Å². The number of hydrogen-bond acceptors (Lipinski definition) is 4. The first-order chi connectivity index (χ1) is 11.8. The standard InChI is InChI=1S/C20H18O4/c21-17-18(22)20(24-14-12-16-9-5-2-6-10-16)19(17)23-13-11-15-7-3-1-4-8-15/h1-10H,11-14H2. The van der Waals surface area contributed by atoms with Gasteiger partial charge in [-0.15, -0.1) is 0 Å². The van der Waals surface area contributed by atoms with Crippen LogP contribution in [0.5, 0.6) is 11.5 Å². The van der Waals surface area contributed by atoms with Gasteiger partial charge in [-0.25, -0.2) is 0 Å². The van der Waals surface area contributed by atoms with E-state index in [-0.39, 0.29) is 11.5 Å². The Hall–Kier alpha value is -2.88. The highest BCUT2D eigenvalue weighted by Gasteiger charge is 2.24. The Morgan fingerprint density at radius 1 is 0.583 bits per heavy atom. The molecule has 0 N–H and O–H groups in total. The molecule has 0 saturated heterocycles. The molecular formula is C20H18O4. The van der Waals surface area contributed by atoms with Gasteiger partial charge in [-0.1, -0.05) is 60.7 Å². The Morgan fingerprint density at radius 2 is 0.958 bits per heavy atom. The molecule has 0 spiro atoms. The van der Waals surface area contributed by atoms with Gasteiger partial charge in [-0.05, 0) is 11.1 Å². The molecule has 0 fully saturated rings. The molecule has 0 aliphatic heterocycles. The lowest BCUT2D eigenvalue weighted by Crippen LogP contribution is -2.34. The molecule has 0 amide bonds. The van der Waals surface area contributed by atoms with Gasteiger partial charge in [0.15, 0.2) is 0 Å². The summed E-state index contributed by atoms with van der Waals surface area (Å²) < 4.78 is 10.9. The highest BCUT2D eigenvalue weighted by atomic mass is 16.5. The lowest BCUT2D eigenvalue weighted by Gasteiger charge is -2.13. The molecule has 24 heavy (non-hydrogen) atoms. The van der Waals surface area contributed by atoms with E-state index >= 15 is 0 Å². The molecule has 3 aromatic carbocycles. The lowest BCUT2D eigenvalue weighted by molar-refractivity contribution is 0.260. The van der Waals surface area contributed by atoms with Crippen molar-refractivity contribution in [2.24, 2.45) is 0 Å². The Labute approximate surface area is 140 Å². The normalized spacial score (nSPS) is 10.7. The van der Waals surface area contributed by atoms with Crippen LogP contribution in [0.25, 0.3) is 0 Å². The minimum absolute atomic E-state index is 0.0593. The smallest absolute Gasteiger partial charge is 0.275 e. The third-order valence-corrected chi connectivity index (χ3v) is 3.78. The summed E-state index contributed by atoms with van der Waals surface area (Å²) in [6, 6.07) is 19.6. The van der Waals surface area contributed by atoms with Crippen molar-refractivity contribution in [1.82, 2.24) is 0 Å². The summed E-state index contributed by atoms with van der Waals surface area (Å²) in [6.45, 7) is 0.674. The van der Waals surface area contributed by atoms with Gasteiger partial charge in [-0.2, -0.15) is 0 Å². The summed E-state index contributed by atoms with van der Waals surface area (Å²) in [7, 11) is 0. The molecule has 0 saturated carbocycles. The summed E-state index contributed by atoms with van der Waals surface area (Å²) in [6.07, 6.45) is 1.34. The van der Waals surface area contributed by atoms with E-state index in [9.17, 15) is 9.59 Å². The highest BCUT2D eigenvalue weighted by Crippen LogP contribution is 2.20. The minimum atomic E-state index is -0.599. The first-order valence-electron chi connectivity index (χ1n) is 7.92. The Balaban J connectivity index is 1.52. The molecule has 0 radical (unpaired) electrons. The zero-order valence-corrected chi connectivity index (χ0v) is 13.2. The quantitative estimate of drug-likeness (QED) is 0.598. The van der Waals surface area contributed by atoms with Crippen molar-refractivity contribution in [2.75, 3.05) is 13.2 Å². The Bertz CT molecular complexity index is 773. The number of hydrogen-bond donors (Lipinski definition) is 0. The molecule has 0 aromatic heterocycles. The number of ether oxygens (including phenoxy) is 2. The van der Waals surface area contributed by atoms with Gasteiger partial charge in [0, 0.05) is 12.8 Å². The van der Waals surface area contributed by atoms with Crippen LogP contribution in [-0.4, -0.2) is 13.2 Å². The fourth-order valence-corrected chi connectivity index (χ4v) is 2.44. The summed E-state index contributed by atoms with van der Waals surface area (Å²) >= 11 is 0. The molecule has 4 heteroatoms. The van der Waals surface area contributed by atoms with Crippen molar-refractivity contribution in [3.63, 3.8) is 0 Å². The van der Waals surface area contributed by atoms with Gasteiger partial charge in [0.1, 0.15) is 0 Å². The Morgan fingerprint density at radius 3 is 1.33 bits per heavy atom. The van der Waals surface area contributed by atoms with Crippen LogP contribution in [-0.2, 0) is 12.8 Å². The van der Waals surface area contributed by atoms with Crippen LogP contribution >= 0.6 is 0 Å². The Kier molecular flexibility index (Phi) is 5.06. The number of benzene rings is 2. The van der Waals surface area contributed by atoms with E-state index in [1.807, 2.05) is 60.7 Å². The van der Waals surface area contributed by atoms with Gasteiger partial charge in [0.05, 0.1) is 13.2 Å². The molecule has 3 rings (SSSR count). The summed E-state index contributed by atoms with van der Waals surface area (Å²) in [5, 5.41) is 0. The lowest BCUT2D eigenvalue weighted by atomic mass is 10.1. The van der Waals surface area contributed by atoms with Crippen LogP contribution in [0.1, 0.15) is 11.1 Å². The largest absolute Gasteiger partial charge is 0.486 e. The fraction of sp³-hybridized carbons (Fsp3) is 0.200. The maximum atomic E-state index is 11.6. The van der Waals surface area contributed by atoms with Crippen molar-refractivity contribution < 1.29 is 9.47 Å². The van der Waals surface area contributed by atoms with Crippen LogP contribution in [0.4, 0.5) is 0 Å². The second-order valence-electron chi connectivity index (χ2n) is 5.48. The van der Waals surface area contributed by atoms with Gasteiger partial charge >= 0.3 is 0 Å². The maximum absolute atomic E-state index is 11.6. The van der Waals surface area contributed by atoms with Crippen molar-refractivity contribution in [1.29, 1.82) is 0 Å². The monoisotopic (exact) mass is 322 g/mol. The van der Waals surface area contributed by atoms with Crippen molar-refractivity contribution >= 4 is 0 Å². The van der Waals surface area contributed by atoms with E-state index in [1.54, 1.807) is 0 Å². The van der Waals surface area contributed by atoms with E-state index in [4.69, 9.17) is 9.47 Å². The van der Waals surface area contributed by atoms with E-state index in [2.05, 4.69) is 0 Å². The van der Waals surface area contributed by atoms with Gasteiger partial charge in [0.2, 0.25) is 11.5 Å². The van der Waals surface area contributed by atoms with Crippen LogP contribution in [0.15, 0.2) is 70.3 Å². The number of rotatable bonds is 8. The van der Waals surface area contributed by atoms with Gasteiger partial charge in [-0.3, -0.25) is 9.59 Å². The molecule has 0 aliphatic carbocycles. The summed E-state index contributed by atoms with van der Waals surface area (Å²) in [5.41, 5.74) is 1.03. The molecule has 4 nitrogen and oxygen atoms in total. The summed E-state index contributed by atoms with van der Waals surface area (Å²) in [5.74, 6) is 0.119. The first-order valence-corrected chi connectivity index (χ1v) is 7.92. The molecule has 0 unspecified atom stereocenters. The predicted molar refractivity (Wildman–Crippen MR) is 92.6 cm³/mol. The van der Waals surface area contributed by atoms with Crippen LogP contribution in [0.2, 0.25) is 0 Å². The van der Waals surface area contributed by atoms with Gasteiger partial charge in [0.25, 0.3) is 10.9 Å². The topological polar surface area (TPSA) is 52.6 Å². The first kappa shape index (κ1) is 16.0.